The van der Waals surface area contributed by atoms with Crippen molar-refractivity contribution in [3.63, 3.8) is 0 Å². The van der Waals surface area contributed by atoms with Gasteiger partial charge in [-0.05, 0) is 105 Å². The van der Waals surface area contributed by atoms with E-state index in [0.717, 1.165) is 68.8 Å². The lowest BCUT2D eigenvalue weighted by molar-refractivity contribution is 0.149. The topological polar surface area (TPSA) is 45.2 Å². The van der Waals surface area contributed by atoms with E-state index in [4.69, 9.17) is 24.4 Å². The van der Waals surface area contributed by atoms with E-state index in [0.29, 0.717) is 41.8 Å². The minimum Gasteiger partial charge on any atom is -0.508 e. The number of thiocarbonyl (C=S) groups is 2. The predicted molar refractivity (Wildman–Crippen MR) is 190 cm³/mol. The van der Waals surface area contributed by atoms with Gasteiger partial charge in [0.05, 0.1) is 6.04 Å². The van der Waals surface area contributed by atoms with Crippen molar-refractivity contribution in [2.24, 2.45) is 11.8 Å². The van der Waals surface area contributed by atoms with Crippen molar-refractivity contribution in [2.75, 3.05) is 39.3 Å². The number of phenols is 1. The molecule has 2 aromatic rings. The molecule has 0 radical (unpaired) electrons. The Bertz CT molecular complexity index is 1220. The average molecular weight is 636 g/mol. The first-order valence-corrected chi connectivity index (χ1v) is 17.7. The molecule has 0 saturated carbocycles. The number of phenolic OH excluding ortho intramolecular Hbond substituents is 1. The van der Waals surface area contributed by atoms with Crippen LogP contribution >= 0.6 is 24.4 Å². The normalized spacial score (nSPS) is 23.4. The number of benzene rings is 2. The predicted octanol–water partition coefficient (Wildman–Crippen LogP) is 5.93. The smallest absolute Gasteiger partial charge is 0.172 e. The van der Waals surface area contributed by atoms with E-state index in [-0.39, 0.29) is 0 Å². The van der Waals surface area contributed by atoms with Crippen molar-refractivity contribution < 1.29 is 5.11 Å². The highest BCUT2D eigenvalue weighted by molar-refractivity contribution is 7.80. The molecule has 3 aliphatic heterocycles. The van der Waals surface area contributed by atoms with Crippen LogP contribution in [0.15, 0.2) is 54.6 Å². The Morgan fingerprint density at radius 3 is 2.34 bits per heavy atom. The molecule has 4 atom stereocenters. The second-order valence-electron chi connectivity index (χ2n) is 14.1. The number of rotatable bonds is 14. The van der Waals surface area contributed by atoms with Crippen LogP contribution in [0.1, 0.15) is 64.5 Å². The van der Waals surface area contributed by atoms with Crippen LogP contribution in [0.25, 0.3) is 0 Å². The zero-order chi connectivity index (χ0) is 31.2. The highest BCUT2D eigenvalue weighted by Gasteiger charge is 2.40. The minimum absolute atomic E-state index is 0.315. The molecule has 5 rings (SSSR count). The summed E-state index contributed by atoms with van der Waals surface area (Å²) in [5.74, 6) is 1.56. The van der Waals surface area contributed by atoms with Crippen LogP contribution in [-0.2, 0) is 12.8 Å². The molecule has 0 aromatic heterocycles. The molecular formula is C36H53N5OS2. The van der Waals surface area contributed by atoms with E-state index in [2.05, 4.69) is 82.9 Å². The molecule has 0 amide bonds. The fraction of sp³-hybridized carbons (Fsp3) is 0.611. The third-order valence-corrected chi connectivity index (χ3v) is 10.5. The van der Waals surface area contributed by atoms with Crippen molar-refractivity contribution >= 4 is 34.7 Å². The highest BCUT2D eigenvalue weighted by Crippen LogP contribution is 2.30. The molecule has 0 aliphatic carbocycles. The SMILES string of the molecule is CC(C)C[C@H]1CN([C@@H](CC(C)C)CN2CCCC2CN2C(=S)NC[C@@H]2Cc2ccc(O)cc2)C(=S)N1CCc1ccccc1. The van der Waals surface area contributed by atoms with Gasteiger partial charge < -0.3 is 25.1 Å². The van der Waals surface area contributed by atoms with Gasteiger partial charge in [-0.1, -0.05) is 70.2 Å². The van der Waals surface area contributed by atoms with Crippen LogP contribution < -0.4 is 5.32 Å². The first kappa shape index (κ1) is 33.0. The number of hydrogen-bond donors (Lipinski definition) is 2. The quantitative estimate of drug-likeness (QED) is 0.248. The lowest BCUT2D eigenvalue weighted by atomic mass is 10.00. The Kier molecular flexibility index (Phi) is 11.4. The third kappa shape index (κ3) is 8.43. The van der Waals surface area contributed by atoms with E-state index in [1.807, 2.05) is 12.1 Å². The number of nitrogens with one attached hydrogen (secondary N) is 1. The molecule has 3 aliphatic rings. The molecular weight excluding hydrogens is 583 g/mol. The van der Waals surface area contributed by atoms with Crippen molar-refractivity contribution in [1.82, 2.24) is 24.9 Å². The lowest BCUT2D eigenvalue weighted by Gasteiger charge is -2.38. The maximum Gasteiger partial charge on any atom is 0.172 e. The van der Waals surface area contributed by atoms with Gasteiger partial charge >= 0.3 is 0 Å². The Morgan fingerprint density at radius 2 is 1.64 bits per heavy atom. The summed E-state index contributed by atoms with van der Waals surface area (Å²) < 4.78 is 0. The van der Waals surface area contributed by atoms with Crippen molar-refractivity contribution in [1.29, 1.82) is 0 Å². The molecule has 1 unspecified atom stereocenters. The second-order valence-corrected chi connectivity index (χ2v) is 14.8. The van der Waals surface area contributed by atoms with Crippen molar-refractivity contribution in [3.05, 3.63) is 65.7 Å². The van der Waals surface area contributed by atoms with Gasteiger partial charge in [0.15, 0.2) is 10.2 Å². The fourth-order valence-electron chi connectivity index (χ4n) is 7.53. The summed E-state index contributed by atoms with van der Waals surface area (Å²) >= 11 is 12.1. The van der Waals surface area contributed by atoms with Crippen molar-refractivity contribution in [2.45, 2.75) is 90.4 Å². The number of likely N-dealkylation sites (tertiary alicyclic amines) is 1. The van der Waals surface area contributed by atoms with Gasteiger partial charge in [0.2, 0.25) is 0 Å². The van der Waals surface area contributed by atoms with E-state index in [1.54, 1.807) is 12.1 Å². The van der Waals surface area contributed by atoms with Gasteiger partial charge in [0, 0.05) is 50.8 Å². The van der Waals surface area contributed by atoms with Gasteiger partial charge in [-0.2, -0.15) is 0 Å². The van der Waals surface area contributed by atoms with Crippen LogP contribution in [0, 0.1) is 11.8 Å². The lowest BCUT2D eigenvalue weighted by Crippen LogP contribution is -2.51. The number of nitrogens with zero attached hydrogens (tertiary/aromatic N) is 4. The molecule has 3 saturated heterocycles. The zero-order valence-corrected chi connectivity index (χ0v) is 28.8. The minimum atomic E-state index is 0.315. The molecule has 3 fully saturated rings. The largest absolute Gasteiger partial charge is 0.508 e. The molecule has 0 spiro atoms. The van der Waals surface area contributed by atoms with E-state index in [1.165, 1.54) is 30.4 Å². The van der Waals surface area contributed by atoms with Crippen molar-refractivity contribution in [3.8, 4) is 5.75 Å². The van der Waals surface area contributed by atoms with Gasteiger partial charge in [0.25, 0.3) is 0 Å². The second kappa shape index (κ2) is 15.2. The Labute approximate surface area is 276 Å². The summed E-state index contributed by atoms with van der Waals surface area (Å²) in [4.78, 5) is 10.4. The maximum absolute atomic E-state index is 9.73. The van der Waals surface area contributed by atoms with Gasteiger partial charge in [-0.15, -0.1) is 0 Å². The van der Waals surface area contributed by atoms with Gasteiger partial charge in [-0.25, -0.2) is 0 Å². The monoisotopic (exact) mass is 635 g/mol. The summed E-state index contributed by atoms with van der Waals surface area (Å²) in [5.41, 5.74) is 2.62. The summed E-state index contributed by atoms with van der Waals surface area (Å²) in [5, 5.41) is 15.1. The van der Waals surface area contributed by atoms with Crippen LogP contribution in [0.5, 0.6) is 5.75 Å². The summed E-state index contributed by atoms with van der Waals surface area (Å²) in [7, 11) is 0. The van der Waals surface area contributed by atoms with E-state index < -0.39 is 0 Å². The Balaban J connectivity index is 1.27. The maximum atomic E-state index is 9.73. The van der Waals surface area contributed by atoms with Crippen LogP contribution in [0.4, 0.5) is 0 Å². The first-order valence-electron chi connectivity index (χ1n) is 16.9. The highest BCUT2D eigenvalue weighted by atomic mass is 32.1. The van der Waals surface area contributed by atoms with E-state index >= 15 is 0 Å². The summed E-state index contributed by atoms with van der Waals surface area (Å²) in [6, 6.07) is 20.2. The fourth-order valence-corrected chi connectivity index (χ4v) is 8.31. The summed E-state index contributed by atoms with van der Waals surface area (Å²) in [6.07, 6.45) is 6.73. The summed E-state index contributed by atoms with van der Waals surface area (Å²) in [6.45, 7) is 15.5. The Hall–Kier alpha value is -2.42. The molecule has 240 valence electrons. The number of aromatic hydroxyl groups is 1. The molecule has 8 heteroatoms. The van der Waals surface area contributed by atoms with Crippen LogP contribution in [0.3, 0.4) is 0 Å². The molecule has 0 bridgehead atoms. The number of hydrogen-bond acceptors (Lipinski definition) is 4. The molecule has 2 N–H and O–H groups in total. The van der Waals surface area contributed by atoms with Gasteiger partial charge in [-0.3, -0.25) is 4.90 Å². The van der Waals surface area contributed by atoms with Crippen LogP contribution in [0.2, 0.25) is 0 Å². The van der Waals surface area contributed by atoms with E-state index in [9.17, 15) is 5.11 Å². The third-order valence-electron chi connectivity index (χ3n) is 9.70. The Morgan fingerprint density at radius 1 is 0.886 bits per heavy atom. The zero-order valence-electron chi connectivity index (χ0n) is 27.2. The molecule has 44 heavy (non-hydrogen) atoms. The standard InChI is InChI=1S/C36H53N5OS2/c1-26(2)19-32(41-25-33(20-27(3)4)39(36(41)44)18-16-28-9-6-5-7-10-28)23-38-17-8-11-30(38)24-40-31(22-37-35(40)43)21-29-12-14-34(42)15-13-29/h5-7,9-10,12-15,26-27,30-33,42H,8,11,16-25H2,1-4H3,(H,37,43)/t30?,31-,32-,33-/m0/s1. The van der Waals surface area contributed by atoms with Crippen LogP contribution in [-0.4, -0.2) is 98.4 Å². The molecule has 6 nitrogen and oxygen atoms in total. The van der Waals surface area contributed by atoms with Gasteiger partial charge in [0.1, 0.15) is 5.75 Å². The molecule has 2 aromatic carbocycles. The first-order chi connectivity index (χ1) is 21.2. The molecule has 3 heterocycles. The average Bonchev–Trinajstić information content (AvgIpc) is 3.66.